The minimum atomic E-state index is 0.513. The fourth-order valence-corrected chi connectivity index (χ4v) is 1.80. The minimum Gasteiger partial charge on any atom is -0.347 e. The van der Waals surface area contributed by atoms with Gasteiger partial charge in [0.1, 0.15) is 0 Å². The molecule has 0 spiro atoms. The fraction of sp³-hybridized carbons (Fsp3) is 0.357. The molecule has 0 saturated carbocycles. The van der Waals surface area contributed by atoms with Crippen LogP contribution in [0.5, 0.6) is 0 Å². The normalized spacial score (nSPS) is 12.5. The van der Waals surface area contributed by atoms with Gasteiger partial charge in [0.05, 0.1) is 6.33 Å². The lowest BCUT2D eigenvalue weighted by Crippen LogP contribution is -2.26. The smallest absolute Gasteiger partial charge is 0.0922 e. The van der Waals surface area contributed by atoms with Gasteiger partial charge in [0.15, 0.2) is 0 Å². The van der Waals surface area contributed by atoms with Crippen LogP contribution in [0.4, 0.5) is 0 Å². The summed E-state index contributed by atoms with van der Waals surface area (Å²) in [6.45, 7) is 3.08. The Morgan fingerprint density at radius 3 is 2.82 bits per heavy atom. The third kappa shape index (κ3) is 4.04. The third-order valence-electron chi connectivity index (χ3n) is 2.90. The van der Waals surface area contributed by atoms with E-state index in [4.69, 9.17) is 0 Å². The highest BCUT2D eigenvalue weighted by Gasteiger charge is 2.02. The first kappa shape index (κ1) is 11.9. The van der Waals surface area contributed by atoms with Gasteiger partial charge in [0.25, 0.3) is 0 Å². The summed E-state index contributed by atoms with van der Waals surface area (Å²) in [6, 6.07) is 11.1. The number of nitrogens with one attached hydrogen (secondary N) is 2. The van der Waals surface area contributed by atoms with E-state index in [1.165, 1.54) is 5.56 Å². The Morgan fingerprint density at radius 2 is 2.12 bits per heavy atom. The van der Waals surface area contributed by atoms with Crippen molar-refractivity contribution >= 4 is 0 Å². The van der Waals surface area contributed by atoms with Crippen LogP contribution >= 0.6 is 0 Å². The molecule has 0 bridgehead atoms. The molecule has 1 aromatic heterocycles. The standard InChI is InChI=1S/C14H19N3/c1-12(16-10-14-9-15-11-17-14)7-8-13-5-3-2-4-6-13/h2-6,9,11-12,16H,7-8,10H2,1H3,(H,15,17). The summed E-state index contributed by atoms with van der Waals surface area (Å²) in [4.78, 5) is 7.09. The fourth-order valence-electron chi connectivity index (χ4n) is 1.80. The molecule has 0 amide bonds. The molecule has 1 heterocycles. The quantitative estimate of drug-likeness (QED) is 0.799. The van der Waals surface area contributed by atoms with E-state index in [0.29, 0.717) is 6.04 Å². The Hall–Kier alpha value is -1.61. The summed E-state index contributed by atoms with van der Waals surface area (Å²) < 4.78 is 0. The van der Waals surface area contributed by atoms with Crippen molar-refractivity contribution in [2.24, 2.45) is 0 Å². The van der Waals surface area contributed by atoms with E-state index in [-0.39, 0.29) is 0 Å². The number of H-pyrrole nitrogens is 1. The summed E-state index contributed by atoms with van der Waals surface area (Å²) >= 11 is 0. The van der Waals surface area contributed by atoms with Gasteiger partial charge < -0.3 is 10.3 Å². The Kier molecular flexibility index (Phi) is 4.33. The molecular weight excluding hydrogens is 210 g/mol. The van der Waals surface area contributed by atoms with Gasteiger partial charge in [-0.3, -0.25) is 0 Å². The van der Waals surface area contributed by atoms with Crippen LogP contribution in [-0.4, -0.2) is 16.0 Å². The molecule has 1 aromatic carbocycles. The molecule has 0 aliphatic heterocycles. The SMILES string of the molecule is CC(CCc1ccccc1)NCc1cnc[nH]1. The minimum absolute atomic E-state index is 0.513. The summed E-state index contributed by atoms with van der Waals surface area (Å²) in [5.74, 6) is 0. The van der Waals surface area contributed by atoms with Crippen molar-refractivity contribution in [3.05, 3.63) is 54.1 Å². The van der Waals surface area contributed by atoms with E-state index in [2.05, 4.69) is 52.5 Å². The first-order valence-corrected chi connectivity index (χ1v) is 6.09. The number of aromatic amines is 1. The lowest BCUT2D eigenvalue weighted by Gasteiger charge is -2.12. The van der Waals surface area contributed by atoms with Gasteiger partial charge in [0, 0.05) is 24.5 Å². The summed E-state index contributed by atoms with van der Waals surface area (Å²) in [7, 11) is 0. The maximum atomic E-state index is 4.00. The van der Waals surface area contributed by atoms with Gasteiger partial charge >= 0.3 is 0 Å². The first-order valence-electron chi connectivity index (χ1n) is 6.09. The number of aromatic nitrogens is 2. The molecule has 0 saturated heterocycles. The number of imidazole rings is 1. The number of hydrogen-bond donors (Lipinski definition) is 2. The maximum absolute atomic E-state index is 4.00. The molecule has 17 heavy (non-hydrogen) atoms. The van der Waals surface area contributed by atoms with Crippen molar-refractivity contribution in [3.63, 3.8) is 0 Å². The van der Waals surface area contributed by atoms with E-state index >= 15 is 0 Å². The third-order valence-corrected chi connectivity index (χ3v) is 2.90. The van der Waals surface area contributed by atoms with E-state index in [1.807, 2.05) is 6.20 Å². The average molecular weight is 229 g/mol. The molecule has 2 rings (SSSR count). The van der Waals surface area contributed by atoms with E-state index in [0.717, 1.165) is 25.1 Å². The van der Waals surface area contributed by atoms with Crippen LogP contribution in [0.2, 0.25) is 0 Å². The molecule has 0 aliphatic rings. The van der Waals surface area contributed by atoms with Crippen LogP contribution in [-0.2, 0) is 13.0 Å². The lowest BCUT2D eigenvalue weighted by molar-refractivity contribution is 0.510. The Morgan fingerprint density at radius 1 is 1.29 bits per heavy atom. The van der Waals surface area contributed by atoms with Crippen LogP contribution in [0.15, 0.2) is 42.9 Å². The average Bonchev–Trinajstić information content (AvgIpc) is 2.88. The molecule has 2 N–H and O–H groups in total. The molecular formula is C14H19N3. The maximum Gasteiger partial charge on any atom is 0.0922 e. The highest BCUT2D eigenvalue weighted by molar-refractivity contribution is 5.14. The predicted octanol–water partition coefficient (Wildman–Crippen LogP) is 2.52. The molecule has 0 radical (unpaired) electrons. The number of aryl methyl sites for hydroxylation is 1. The molecule has 0 fully saturated rings. The molecule has 3 nitrogen and oxygen atoms in total. The van der Waals surface area contributed by atoms with Crippen molar-refractivity contribution in [2.75, 3.05) is 0 Å². The summed E-state index contributed by atoms with van der Waals surface area (Å²) in [5.41, 5.74) is 2.54. The second kappa shape index (κ2) is 6.21. The van der Waals surface area contributed by atoms with Crippen molar-refractivity contribution in [2.45, 2.75) is 32.4 Å². The molecule has 1 unspecified atom stereocenters. The van der Waals surface area contributed by atoms with E-state index in [1.54, 1.807) is 6.33 Å². The van der Waals surface area contributed by atoms with Gasteiger partial charge in [-0.15, -0.1) is 0 Å². The zero-order chi connectivity index (χ0) is 11.9. The number of benzene rings is 1. The van der Waals surface area contributed by atoms with Gasteiger partial charge in [0.2, 0.25) is 0 Å². The molecule has 1 atom stereocenters. The largest absolute Gasteiger partial charge is 0.347 e. The Balaban J connectivity index is 1.69. The van der Waals surface area contributed by atoms with Crippen molar-refractivity contribution in [3.8, 4) is 0 Å². The zero-order valence-corrected chi connectivity index (χ0v) is 10.2. The highest BCUT2D eigenvalue weighted by atomic mass is 14.9. The van der Waals surface area contributed by atoms with Crippen molar-refractivity contribution in [1.82, 2.24) is 15.3 Å². The Bertz CT molecular complexity index is 408. The topological polar surface area (TPSA) is 40.7 Å². The van der Waals surface area contributed by atoms with E-state index < -0.39 is 0 Å². The monoisotopic (exact) mass is 229 g/mol. The predicted molar refractivity (Wildman–Crippen MR) is 69.7 cm³/mol. The lowest BCUT2D eigenvalue weighted by atomic mass is 10.1. The zero-order valence-electron chi connectivity index (χ0n) is 10.2. The van der Waals surface area contributed by atoms with Crippen LogP contribution in [0, 0.1) is 0 Å². The highest BCUT2D eigenvalue weighted by Crippen LogP contribution is 2.05. The molecule has 3 heteroatoms. The van der Waals surface area contributed by atoms with Crippen LogP contribution in [0.1, 0.15) is 24.6 Å². The summed E-state index contributed by atoms with van der Waals surface area (Å²) in [5, 5.41) is 3.48. The summed E-state index contributed by atoms with van der Waals surface area (Å²) in [6.07, 6.45) is 5.85. The van der Waals surface area contributed by atoms with Crippen LogP contribution < -0.4 is 5.32 Å². The molecule has 90 valence electrons. The van der Waals surface area contributed by atoms with Crippen molar-refractivity contribution in [1.29, 1.82) is 0 Å². The second-order valence-corrected chi connectivity index (χ2v) is 4.38. The number of hydrogen-bond acceptors (Lipinski definition) is 2. The molecule has 0 aliphatic carbocycles. The number of nitrogens with zero attached hydrogens (tertiary/aromatic N) is 1. The van der Waals surface area contributed by atoms with Crippen molar-refractivity contribution < 1.29 is 0 Å². The van der Waals surface area contributed by atoms with Gasteiger partial charge in [-0.1, -0.05) is 30.3 Å². The Labute approximate surface area is 102 Å². The first-order chi connectivity index (χ1) is 8.34. The van der Waals surface area contributed by atoms with E-state index in [9.17, 15) is 0 Å². The molecule has 2 aromatic rings. The van der Waals surface area contributed by atoms with Gasteiger partial charge in [-0.2, -0.15) is 0 Å². The number of rotatable bonds is 6. The van der Waals surface area contributed by atoms with Crippen LogP contribution in [0.3, 0.4) is 0 Å². The second-order valence-electron chi connectivity index (χ2n) is 4.38. The van der Waals surface area contributed by atoms with Crippen LogP contribution in [0.25, 0.3) is 0 Å². The van der Waals surface area contributed by atoms with Gasteiger partial charge in [-0.05, 0) is 25.3 Å². The van der Waals surface area contributed by atoms with Gasteiger partial charge in [-0.25, -0.2) is 4.98 Å².